The lowest BCUT2D eigenvalue weighted by molar-refractivity contribution is -0.385. The SMILES string of the molecule is C.COC(=O)C1=C(C)N=C(SCc2ccc(OC)cc2)N(C(=O)NCCCN2CCC(c3cccc(NC(C)=O)c3)CC2)C1c1ccc([N+](=O)[O-])cc1.COC(=O)C1=C(C)N=C(SCc2ccc(OC)cc2)N(C(=O)Oc2ccc([N+](=O)[O-])cc2)C1c1ccc([N+](=O)[O-])cc1.COC(=O)C1=C(C)NC(SCc2ccc(OC)cc2)=NC1c1ccc([N+](=O)[O-])cc1.COc1ccc(CSC(=N)N)cc1.NC(N)=S. The molecule has 4 aliphatic heterocycles. The van der Waals surface area contributed by atoms with Crippen molar-refractivity contribution in [1.29, 1.82) is 5.41 Å². The molecule has 10 N–H and O–H groups in total. The highest BCUT2D eigenvalue weighted by Gasteiger charge is 2.44. The van der Waals surface area contributed by atoms with Crippen LogP contribution in [0.25, 0.3) is 0 Å². The Bertz CT molecular complexity index is 6150. The molecule has 1 saturated heterocycles. The third-order valence-electron chi connectivity index (χ3n) is 21.5. The maximum absolute atomic E-state index is 14.2. The van der Waals surface area contributed by atoms with Gasteiger partial charge in [-0.2, -0.15) is 0 Å². The number of thiocarbonyl (C=S) groups is 1. The van der Waals surface area contributed by atoms with Crippen LogP contribution in [0.5, 0.6) is 28.7 Å². The lowest BCUT2D eigenvalue weighted by Gasteiger charge is -2.36. The molecule has 748 valence electrons. The molecule has 3 unspecified atom stereocenters. The van der Waals surface area contributed by atoms with Gasteiger partial charge in [-0.05, 0) is 232 Å². The van der Waals surface area contributed by atoms with Crippen molar-refractivity contribution in [3.8, 4) is 28.7 Å². The minimum atomic E-state index is -1.13. The number of nitrogens with two attached hydrogens (primary N) is 3. The number of piperidine rings is 1. The first-order valence-corrected chi connectivity index (χ1v) is 47.4. The lowest BCUT2D eigenvalue weighted by Crippen LogP contribution is -2.48. The number of amidine groups is 4. The fraction of sp³-hybridized carbons (Fsp3) is 0.276. The van der Waals surface area contributed by atoms with Gasteiger partial charge in [0.2, 0.25) is 5.91 Å². The second-order valence-corrected chi connectivity index (χ2v) is 35.1. The molecule has 0 aliphatic carbocycles. The number of carbonyl (C=O) groups is 6. The minimum absolute atomic E-state index is 0. The average molecular weight is 2040 g/mol. The number of nitrogens with zero attached hydrogens (tertiary/aromatic N) is 10. The maximum Gasteiger partial charge on any atom is 0.422 e. The highest BCUT2D eigenvalue weighted by atomic mass is 32.2. The number of benzene rings is 9. The zero-order valence-electron chi connectivity index (χ0n) is 78.6. The summed E-state index contributed by atoms with van der Waals surface area (Å²) >= 11 is 9.46. The summed E-state index contributed by atoms with van der Waals surface area (Å²) in [4.78, 5) is 140. The number of methoxy groups -OCH3 is 7. The Balaban J connectivity index is 0.000000245. The van der Waals surface area contributed by atoms with Gasteiger partial charge in [-0.15, -0.1) is 0 Å². The van der Waals surface area contributed by atoms with E-state index in [1.807, 2.05) is 97.1 Å². The van der Waals surface area contributed by atoms with Crippen molar-refractivity contribution < 1.29 is 86.4 Å². The Labute approximate surface area is 842 Å². The standard InChI is InChI=1S/C38H44N6O7S.C28H24N4O9S.C21H21N3O5S.C9H12N2OS.CH4N2S.CH4/c1-25-34(36(46)51-4)35(29-11-13-32(14-12-29)44(48)49)43(38(40-25)52-24-27-9-15-33(50-3)16-10-27)37(47)39-19-6-20-42-21-17-28(18-22-42)30-7-5-8-31(23-30)41-26(2)45;1-17-24(26(33)40-3)25(19-6-8-20(9-7-19)31(35)36)30(28(34)41-23-14-10-21(11-15-23)32(37)38)27(29-17)42-16-18-4-12-22(39-2)13-5-18;1-13-18(20(25)29-3)19(15-6-8-16(9-7-15)24(26)27)23-21(22-13)30-12-14-4-10-17(28-2)11-5-14;1-12-8-4-2-7(3-5-8)6-13-9(10)11;2-1(3)4;/h5,7-16,23,28,35H,6,17-22,24H2,1-4H3,(H,39,47)(H,41,45);4-15,25H,16H2,1-3H3;4-11,19H,12H2,1-3H3,(H,22,23);2-5H,6H2,1H3,(H3,10,11);(H4,2,3,4);1H4. The van der Waals surface area contributed by atoms with E-state index >= 15 is 0 Å². The monoisotopic (exact) mass is 2040 g/mol. The molecule has 1 fully saturated rings. The molecule has 44 heteroatoms. The number of non-ortho nitro benzene ring substituents is 4. The van der Waals surface area contributed by atoms with E-state index in [2.05, 4.69) is 61.7 Å². The Morgan fingerprint density at radius 2 is 0.859 bits per heavy atom. The van der Waals surface area contributed by atoms with Crippen LogP contribution in [0.2, 0.25) is 0 Å². The second-order valence-electron chi connectivity index (χ2n) is 30.8. The van der Waals surface area contributed by atoms with Gasteiger partial charge in [0, 0.05) is 96.4 Å². The van der Waals surface area contributed by atoms with Crippen LogP contribution >= 0.6 is 59.3 Å². The number of hydrogen-bond donors (Lipinski definition) is 7. The summed E-state index contributed by atoms with van der Waals surface area (Å²) in [5, 5.41) is 62.2. The van der Waals surface area contributed by atoms with Gasteiger partial charge in [-0.1, -0.05) is 115 Å². The molecular formula is C98H109N17O22S5. The Morgan fingerprint density at radius 1 is 0.493 bits per heavy atom. The predicted molar refractivity (Wildman–Crippen MR) is 554 cm³/mol. The highest BCUT2D eigenvalue weighted by molar-refractivity contribution is 8.13. The van der Waals surface area contributed by atoms with Crippen LogP contribution < -0.4 is 56.8 Å². The molecule has 0 spiro atoms. The van der Waals surface area contributed by atoms with Crippen molar-refractivity contribution in [1.82, 2.24) is 25.3 Å². The number of urea groups is 1. The Hall–Kier alpha value is -15.3. The molecule has 0 aromatic heterocycles. The smallest absolute Gasteiger partial charge is 0.422 e. The van der Waals surface area contributed by atoms with E-state index in [0.29, 0.717) is 85.9 Å². The summed E-state index contributed by atoms with van der Waals surface area (Å²) in [7, 11) is 10.2. The number of rotatable bonds is 29. The Kier molecular flexibility index (Phi) is 43.8. The number of likely N-dealkylation sites (tertiary alicyclic amines) is 1. The molecule has 0 radical (unpaired) electrons. The van der Waals surface area contributed by atoms with E-state index in [-0.39, 0.29) is 74.1 Å². The summed E-state index contributed by atoms with van der Waals surface area (Å²) in [5.41, 5.74) is 23.5. The van der Waals surface area contributed by atoms with Crippen LogP contribution in [0.1, 0.15) is 123 Å². The van der Waals surface area contributed by atoms with Gasteiger partial charge in [0.05, 0.1) is 104 Å². The molecule has 13 rings (SSSR count). The fourth-order valence-electron chi connectivity index (χ4n) is 14.5. The van der Waals surface area contributed by atoms with Gasteiger partial charge in [0.15, 0.2) is 25.8 Å². The summed E-state index contributed by atoms with van der Waals surface area (Å²) in [5.74, 6) is 3.72. The first-order chi connectivity index (χ1) is 67.6. The van der Waals surface area contributed by atoms with Crippen molar-refractivity contribution in [2.45, 2.75) is 101 Å². The van der Waals surface area contributed by atoms with Crippen LogP contribution in [0.4, 0.5) is 38.0 Å². The summed E-state index contributed by atoms with van der Waals surface area (Å²) in [6.07, 6.45) is 1.75. The van der Waals surface area contributed by atoms with Crippen molar-refractivity contribution in [3.63, 3.8) is 0 Å². The molecule has 4 heterocycles. The average Bonchev–Trinajstić information content (AvgIpc) is 0.755. The number of aliphatic imine (C=N–C) groups is 3. The van der Waals surface area contributed by atoms with Crippen LogP contribution in [-0.4, -0.2) is 172 Å². The summed E-state index contributed by atoms with van der Waals surface area (Å²) in [6.45, 7) is 9.59. The second kappa shape index (κ2) is 55.5. The molecule has 142 heavy (non-hydrogen) atoms. The third-order valence-corrected chi connectivity index (χ3v) is 25.3. The fourth-order valence-corrected chi connectivity index (χ4v) is 17.9. The van der Waals surface area contributed by atoms with Gasteiger partial charge < -0.3 is 75.9 Å². The molecule has 3 atom stereocenters. The first kappa shape index (κ1) is 112. The number of amides is 4. The zero-order chi connectivity index (χ0) is 103. The number of nitro benzene ring substituents is 4. The van der Waals surface area contributed by atoms with Crippen molar-refractivity contribution >= 4 is 149 Å². The quantitative estimate of drug-likeness (QED) is 0.00334. The van der Waals surface area contributed by atoms with E-state index < -0.39 is 67.9 Å². The molecule has 4 amide bonds. The zero-order valence-corrected chi connectivity index (χ0v) is 82.7. The van der Waals surface area contributed by atoms with E-state index in [1.165, 1.54) is 159 Å². The van der Waals surface area contributed by atoms with Gasteiger partial charge in [-0.3, -0.25) is 55.6 Å². The number of allylic oxidation sites excluding steroid dienone is 3. The van der Waals surface area contributed by atoms with Gasteiger partial charge in [0.1, 0.15) is 40.8 Å². The van der Waals surface area contributed by atoms with E-state index in [9.17, 15) is 69.2 Å². The number of nitrogens with one attached hydrogen (secondary N) is 4. The van der Waals surface area contributed by atoms with Crippen LogP contribution in [-0.2, 0) is 56.4 Å². The number of hydrogen-bond acceptors (Lipinski definition) is 33. The van der Waals surface area contributed by atoms with Crippen molar-refractivity contribution in [2.75, 3.05) is 81.3 Å². The number of carbonyl (C=O) groups excluding carboxylic acids is 6. The van der Waals surface area contributed by atoms with E-state index in [1.54, 1.807) is 85.6 Å². The van der Waals surface area contributed by atoms with Gasteiger partial charge in [0.25, 0.3) is 22.7 Å². The number of esters is 3. The predicted octanol–water partition coefficient (Wildman–Crippen LogP) is 18.1. The molecule has 0 bridgehead atoms. The van der Waals surface area contributed by atoms with Crippen molar-refractivity contribution in [2.24, 2.45) is 32.2 Å². The molecular weight excluding hydrogens is 1930 g/mol. The van der Waals surface area contributed by atoms with E-state index in [4.69, 9.17) is 59.0 Å². The van der Waals surface area contributed by atoms with Crippen LogP contribution in [0, 0.1) is 45.9 Å². The number of ether oxygens (including phenoxy) is 8. The minimum Gasteiger partial charge on any atom is -0.497 e. The number of thioether (sulfide) groups is 4. The van der Waals surface area contributed by atoms with Crippen LogP contribution in [0.3, 0.4) is 0 Å². The largest absolute Gasteiger partial charge is 0.497 e. The Morgan fingerprint density at radius 3 is 1.25 bits per heavy atom. The van der Waals surface area contributed by atoms with Gasteiger partial charge >= 0.3 is 30.0 Å². The molecule has 9 aromatic carbocycles. The molecule has 0 saturated carbocycles. The first-order valence-electron chi connectivity index (χ1n) is 43.0. The third kappa shape index (κ3) is 32.7. The molecule has 39 nitrogen and oxygen atoms in total. The topological polar surface area (TPSA) is 534 Å². The van der Waals surface area contributed by atoms with E-state index in [0.717, 1.165) is 88.3 Å². The molecule has 4 aliphatic rings. The maximum atomic E-state index is 14.2. The summed E-state index contributed by atoms with van der Waals surface area (Å²) in [6, 6.07) is 57.4. The number of anilines is 1. The number of nitro groups is 4. The lowest BCUT2D eigenvalue weighted by atomic mass is 9.89. The van der Waals surface area contributed by atoms with Crippen molar-refractivity contribution in [3.05, 3.63) is 337 Å². The highest BCUT2D eigenvalue weighted by Crippen LogP contribution is 2.44. The molecule has 9 aromatic rings. The van der Waals surface area contributed by atoms with Gasteiger partial charge in [-0.25, -0.2) is 43.8 Å². The normalized spacial score (nSPS) is 14.8. The summed E-state index contributed by atoms with van der Waals surface area (Å²) < 4.78 is 41.3. The van der Waals surface area contributed by atoms with Crippen LogP contribution in [0.15, 0.2) is 267 Å².